The average Bonchev–Trinajstić information content (AvgIpc) is 2.05. The van der Waals surface area contributed by atoms with Crippen molar-refractivity contribution in [3.63, 3.8) is 0 Å². The first-order valence-corrected chi connectivity index (χ1v) is 4.88. The van der Waals surface area contributed by atoms with Crippen LogP contribution in [-0.4, -0.2) is 14.0 Å². The van der Waals surface area contributed by atoms with Gasteiger partial charge in [0, 0.05) is 0 Å². The van der Waals surface area contributed by atoms with Crippen LogP contribution in [-0.2, 0) is 11.1 Å². The predicted octanol–water partition coefficient (Wildman–Crippen LogP) is 1.87. The quantitative estimate of drug-likeness (QED) is 0.646. The number of hydrogen-bond donors (Lipinski definition) is 1. The summed E-state index contributed by atoms with van der Waals surface area (Å²) in [4.78, 5) is 0. The maximum atomic E-state index is 10.6. The van der Waals surface area contributed by atoms with E-state index in [0.717, 1.165) is 6.42 Å². The predicted molar refractivity (Wildman–Crippen MR) is 46.7 cm³/mol. The molecule has 0 amide bonds. The third-order valence-electron chi connectivity index (χ3n) is 1.80. The number of hydrogen-bond acceptors (Lipinski definition) is 1. The molecule has 0 fully saturated rings. The van der Waals surface area contributed by atoms with Crippen LogP contribution in [0.1, 0.15) is 19.8 Å². The molecule has 2 atom stereocenters. The van der Waals surface area contributed by atoms with E-state index in [9.17, 15) is 4.21 Å². The molecule has 2 unspecified atom stereocenters. The van der Waals surface area contributed by atoms with Gasteiger partial charge in [-0.1, -0.05) is 30.7 Å². The molecule has 3 heteroatoms. The molecular weight excluding hydrogens is 160 g/mol. The van der Waals surface area contributed by atoms with Crippen molar-refractivity contribution < 1.29 is 8.76 Å². The number of allylic oxidation sites excluding steroid dienone is 3. The van der Waals surface area contributed by atoms with Gasteiger partial charge in [0.05, 0.1) is 5.25 Å². The van der Waals surface area contributed by atoms with Gasteiger partial charge in [-0.2, -0.15) is 0 Å². The highest BCUT2D eigenvalue weighted by Gasteiger charge is 2.12. The van der Waals surface area contributed by atoms with E-state index >= 15 is 0 Å². The fourth-order valence-electron chi connectivity index (χ4n) is 1.06. The van der Waals surface area contributed by atoms with Crippen LogP contribution in [0.5, 0.6) is 0 Å². The summed E-state index contributed by atoms with van der Waals surface area (Å²) >= 11 is -1.70. The highest BCUT2D eigenvalue weighted by atomic mass is 32.2. The molecule has 1 aliphatic carbocycles. The summed E-state index contributed by atoms with van der Waals surface area (Å²) in [6.07, 6.45) is 7.47. The smallest absolute Gasteiger partial charge is 0.160 e. The van der Waals surface area contributed by atoms with E-state index in [1.165, 1.54) is 5.57 Å². The van der Waals surface area contributed by atoms with E-state index in [1.807, 2.05) is 18.2 Å². The summed E-state index contributed by atoms with van der Waals surface area (Å²) < 4.78 is 19.3. The Balaban J connectivity index is 2.57. The maximum Gasteiger partial charge on any atom is 0.160 e. The molecule has 62 valence electrons. The van der Waals surface area contributed by atoms with Crippen LogP contribution in [0, 0.1) is 0 Å². The lowest BCUT2D eigenvalue weighted by Crippen LogP contribution is -2.12. The maximum absolute atomic E-state index is 10.6. The summed E-state index contributed by atoms with van der Waals surface area (Å²) in [5.74, 6) is 0. The van der Waals surface area contributed by atoms with Gasteiger partial charge >= 0.3 is 0 Å². The lowest BCUT2D eigenvalue weighted by Gasteiger charge is -2.10. The fraction of sp³-hybridized carbons (Fsp3) is 0.500. The minimum Gasteiger partial charge on any atom is -0.306 e. The Hall–Kier alpha value is -0.410. The van der Waals surface area contributed by atoms with Crippen molar-refractivity contribution in [3.8, 4) is 0 Å². The molecule has 1 N–H and O–H groups in total. The zero-order valence-electron chi connectivity index (χ0n) is 6.49. The van der Waals surface area contributed by atoms with Gasteiger partial charge in [-0.05, 0) is 12.8 Å². The van der Waals surface area contributed by atoms with Gasteiger partial charge in [0.2, 0.25) is 0 Å². The molecule has 0 saturated carbocycles. The molecule has 0 aromatic carbocycles. The largest absolute Gasteiger partial charge is 0.306 e. The van der Waals surface area contributed by atoms with Gasteiger partial charge in [0.1, 0.15) is 0 Å². The summed E-state index contributed by atoms with van der Waals surface area (Å²) in [5, 5.41) is -0.190. The van der Waals surface area contributed by atoms with E-state index < -0.39 is 11.1 Å². The molecule has 2 nitrogen and oxygen atoms in total. The van der Waals surface area contributed by atoms with Gasteiger partial charge in [0.25, 0.3) is 0 Å². The fourth-order valence-corrected chi connectivity index (χ4v) is 1.53. The molecule has 11 heavy (non-hydrogen) atoms. The van der Waals surface area contributed by atoms with Crippen LogP contribution < -0.4 is 0 Å². The van der Waals surface area contributed by atoms with Crippen molar-refractivity contribution in [2.45, 2.75) is 25.0 Å². The summed E-state index contributed by atoms with van der Waals surface area (Å²) in [6.45, 7) is 2.08. The van der Waals surface area contributed by atoms with Crippen LogP contribution in [0.25, 0.3) is 0 Å². The second-order valence-electron chi connectivity index (χ2n) is 2.54. The topological polar surface area (TPSA) is 37.3 Å². The van der Waals surface area contributed by atoms with Crippen LogP contribution in [0.15, 0.2) is 23.8 Å². The molecular formula is C8H12O2S. The van der Waals surface area contributed by atoms with Crippen molar-refractivity contribution in [2.75, 3.05) is 0 Å². The van der Waals surface area contributed by atoms with Crippen molar-refractivity contribution in [1.82, 2.24) is 0 Å². The minimum atomic E-state index is -1.70. The van der Waals surface area contributed by atoms with Crippen molar-refractivity contribution >= 4 is 11.1 Å². The summed E-state index contributed by atoms with van der Waals surface area (Å²) in [7, 11) is 0. The standard InChI is InChI=1S/C8H12O2S/c1-2-7-3-5-8(6-4-7)11(9)10/h3-5,8H,2,6H2,1H3,(H,9,10). The van der Waals surface area contributed by atoms with Gasteiger partial charge in [-0.3, -0.25) is 0 Å². The molecule has 0 aromatic rings. The van der Waals surface area contributed by atoms with Gasteiger partial charge in [-0.15, -0.1) is 0 Å². The Labute approximate surface area is 69.3 Å². The second-order valence-corrected chi connectivity index (χ2v) is 3.70. The first-order valence-electron chi connectivity index (χ1n) is 3.71. The highest BCUT2D eigenvalue weighted by molar-refractivity contribution is 7.80. The summed E-state index contributed by atoms with van der Waals surface area (Å²) in [5.41, 5.74) is 1.26. The van der Waals surface area contributed by atoms with Gasteiger partial charge in [-0.25, -0.2) is 4.21 Å². The van der Waals surface area contributed by atoms with Crippen LogP contribution >= 0.6 is 0 Å². The molecule has 0 bridgehead atoms. The third-order valence-corrected chi connectivity index (χ3v) is 2.67. The van der Waals surface area contributed by atoms with Crippen LogP contribution in [0.4, 0.5) is 0 Å². The van der Waals surface area contributed by atoms with E-state index in [-0.39, 0.29) is 5.25 Å². The van der Waals surface area contributed by atoms with E-state index in [0.29, 0.717) is 6.42 Å². The van der Waals surface area contributed by atoms with Gasteiger partial charge in [0.15, 0.2) is 11.1 Å². The van der Waals surface area contributed by atoms with Crippen molar-refractivity contribution in [2.24, 2.45) is 0 Å². The van der Waals surface area contributed by atoms with Crippen LogP contribution in [0.3, 0.4) is 0 Å². The number of rotatable bonds is 2. The minimum absolute atomic E-state index is 0.190. The van der Waals surface area contributed by atoms with Crippen molar-refractivity contribution in [1.29, 1.82) is 0 Å². The summed E-state index contributed by atoms with van der Waals surface area (Å²) in [6, 6.07) is 0. The monoisotopic (exact) mass is 172 g/mol. The van der Waals surface area contributed by atoms with E-state index in [2.05, 4.69) is 6.92 Å². The molecule has 1 rings (SSSR count). The molecule has 0 heterocycles. The molecule has 0 spiro atoms. The second kappa shape index (κ2) is 3.83. The first kappa shape index (κ1) is 8.68. The van der Waals surface area contributed by atoms with E-state index in [4.69, 9.17) is 4.55 Å². The Kier molecular flexibility index (Phi) is 3.02. The molecule has 0 saturated heterocycles. The molecule has 1 aliphatic rings. The Morgan fingerprint density at radius 2 is 2.55 bits per heavy atom. The third kappa shape index (κ3) is 2.27. The Morgan fingerprint density at radius 3 is 2.91 bits per heavy atom. The zero-order valence-corrected chi connectivity index (χ0v) is 7.30. The van der Waals surface area contributed by atoms with E-state index in [1.54, 1.807) is 0 Å². The first-order chi connectivity index (χ1) is 5.24. The SMILES string of the molecule is CCC1=CCC(S(=O)O)C=C1. The zero-order chi connectivity index (χ0) is 8.27. The normalized spacial score (nSPS) is 26.4. The molecule has 0 aromatic heterocycles. The molecule has 0 aliphatic heterocycles. The molecule has 0 radical (unpaired) electrons. The lowest BCUT2D eigenvalue weighted by molar-refractivity contribution is 0.555. The Morgan fingerprint density at radius 1 is 1.82 bits per heavy atom. The Bertz CT molecular complexity index is 218. The van der Waals surface area contributed by atoms with Crippen molar-refractivity contribution in [3.05, 3.63) is 23.8 Å². The highest BCUT2D eigenvalue weighted by Crippen LogP contribution is 2.15. The average molecular weight is 172 g/mol. The van der Waals surface area contributed by atoms with Gasteiger partial charge < -0.3 is 4.55 Å². The lowest BCUT2D eigenvalue weighted by atomic mass is 10.1. The van der Waals surface area contributed by atoms with Crippen LogP contribution in [0.2, 0.25) is 0 Å².